The molecule has 1 heterocycles. The Balaban J connectivity index is 1.47. The quantitative estimate of drug-likeness (QED) is 0.349. The molecule has 1 aliphatic rings. The third-order valence-electron chi connectivity index (χ3n) is 5.67. The molecule has 2 atom stereocenters. The largest absolute Gasteiger partial charge is 0.340 e. The Hall–Kier alpha value is -2.86. The molecular formula is C27H28O8S2. The van der Waals surface area contributed by atoms with E-state index in [2.05, 4.69) is 0 Å². The number of rotatable bonds is 10. The van der Waals surface area contributed by atoms with E-state index in [1.54, 1.807) is 36.4 Å². The van der Waals surface area contributed by atoms with E-state index in [1.165, 1.54) is 24.3 Å². The third-order valence-corrected chi connectivity index (χ3v) is 8.26. The minimum absolute atomic E-state index is 0.00675. The summed E-state index contributed by atoms with van der Waals surface area (Å²) in [6.45, 7) is 2.92. The van der Waals surface area contributed by atoms with Gasteiger partial charge in [0, 0.05) is 0 Å². The first-order valence-corrected chi connectivity index (χ1v) is 14.4. The van der Waals surface area contributed by atoms with E-state index in [4.69, 9.17) is 17.8 Å². The molecule has 0 aliphatic carbocycles. The molecule has 0 amide bonds. The number of benzene rings is 3. The molecule has 1 aliphatic heterocycles. The first-order valence-electron chi connectivity index (χ1n) is 11.6. The topological polar surface area (TPSA) is 105 Å². The average molecular weight is 545 g/mol. The van der Waals surface area contributed by atoms with Crippen molar-refractivity contribution in [2.45, 2.75) is 42.1 Å². The molecule has 3 aromatic rings. The average Bonchev–Trinajstić information content (AvgIpc) is 3.28. The van der Waals surface area contributed by atoms with Gasteiger partial charge in [-0.3, -0.25) is 8.37 Å². The summed E-state index contributed by atoms with van der Waals surface area (Å²) >= 11 is 0. The van der Waals surface area contributed by atoms with Gasteiger partial charge in [-0.15, -0.1) is 0 Å². The van der Waals surface area contributed by atoms with Gasteiger partial charge in [0.1, 0.15) is 12.2 Å². The van der Waals surface area contributed by atoms with Gasteiger partial charge in [0.05, 0.1) is 23.0 Å². The van der Waals surface area contributed by atoms with Crippen LogP contribution in [0.1, 0.15) is 16.7 Å². The Bertz CT molecular complexity index is 1330. The summed E-state index contributed by atoms with van der Waals surface area (Å²) in [5.41, 5.74) is 2.73. The van der Waals surface area contributed by atoms with E-state index < -0.39 is 38.7 Å². The Morgan fingerprint density at radius 1 is 0.676 bits per heavy atom. The van der Waals surface area contributed by atoms with Crippen LogP contribution in [-0.2, 0) is 38.1 Å². The summed E-state index contributed by atoms with van der Waals surface area (Å²) in [5.74, 6) is 0. The lowest BCUT2D eigenvalue weighted by atomic mass is 10.2. The molecule has 37 heavy (non-hydrogen) atoms. The van der Waals surface area contributed by atoms with Crippen molar-refractivity contribution in [2.75, 3.05) is 13.2 Å². The van der Waals surface area contributed by atoms with E-state index in [1.807, 2.05) is 44.2 Å². The number of aryl methyl sites for hydroxylation is 2. The monoisotopic (exact) mass is 544 g/mol. The lowest BCUT2D eigenvalue weighted by Gasteiger charge is -2.17. The molecule has 8 nitrogen and oxygen atoms in total. The first-order chi connectivity index (χ1) is 17.6. The summed E-state index contributed by atoms with van der Waals surface area (Å²) in [7, 11) is -8.13. The molecule has 0 N–H and O–H groups in total. The maximum atomic E-state index is 12.7. The SMILES string of the molecule is Cc1ccc(S(=O)(=O)OCC2OC(C=Cc3ccccc3)OC2COS(=O)(=O)c2ccc(C)cc2)cc1. The zero-order valence-electron chi connectivity index (χ0n) is 20.4. The minimum Gasteiger partial charge on any atom is -0.340 e. The number of hydrogen-bond donors (Lipinski definition) is 0. The fourth-order valence-corrected chi connectivity index (χ4v) is 5.39. The molecule has 0 radical (unpaired) electrons. The van der Waals surface area contributed by atoms with Crippen LogP contribution in [0.4, 0.5) is 0 Å². The smallest absolute Gasteiger partial charge is 0.297 e. The van der Waals surface area contributed by atoms with Gasteiger partial charge in [0.2, 0.25) is 0 Å². The molecule has 196 valence electrons. The zero-order valence-corrected chi connectivity index (χ0v) is 22.0. The maximum absolute atomic E-state index is 12.7. The van der Waals surface area contributed by atoms with Gasteiger partial charge in [-0.1, -0.05) is 71.8 Å². The second-order valence-electron chi connectivity index (χ2n) is 8.59. The highest BCUT2D eigenvalue weighted by atomic mass is 32.2. The normalized spacial score (nSPS) is 20.4. The van der Waals surface area contributed by atoms with E-state index in [-0.39, 0.29) is 23.0 Å². The first kappa shape index (κ1) is 27.2. The Kier molecular flexibility index (Phi) is 8.58. The predicted molar refractivity (Wildman–Crippen MR) is 138 cm³/mol. The summed E-state index contributed by atoms with van der Waals surface area (Å²) in [4.78, 5) is 0.0135. The fraction of sp³-hybridized carbons (Fsp3) is 0.259. The third kappa shape index (κ3) is 7.35. The zero-order chi connectivity index (χ0) is 26.5. The highest BCUT2D eigenvalue weighted by molar-refractivity contribution is 7.87. The van der Waals surface area contributed by atoms with Gasteiger partial charge < -0.3 is 9.47 Å². The molecule has 0 saturated carbocycles. The van der Waals surface area contributed by atoms with Crippen molar-refractivity contribution in [1.82, 2.24) is 0 Å². The van der Waals surface area contributed by atoms with Crippen molar-refractivity contribution in [3.8, 4) is 0 Å². The summed E-state index contributed by atoms with van der Waals surface area (Å²) < 4.78 is 72.9. The molecule has 10 heteroatoms. The summed E-state index contributed by atoms with van der Waals surface area (Å²) in [6.07, 6.45) is 0.785. The molecule has 0 spiro atoms. The van der Waals surface area contributed by atoms with E-state index in [9.17, 15) is 16.8 Å². The molecule has 1 fully saturated rings. The second-order valence-corrected chi connectivity index (χ2v) is 11.8. The van der Waals surface area contributed by atoms with Gasteiger partial charge in [0.25, 0.3) is 20.2 Å². The van der Waals surface area contributed by atoms with Crippen LogP contribution in [0.3, 0.4) is 0 Å². The van der Waals surface area contributed by atoms with Gasteiger partial charge in [-0.2, -0.15) is 16.8 Å². The standard InChI is InChI=1S/C27H28O8S2/c1-20-8-13-23(14-9-20)36(28,29)32-18-25-26(19-33-37(30,31)24-15-10-21(2)11-16-24)35-27(34-25)17-12-22-6-4-3-5-7-22/h3-17,25-27H,18-19H2,1-2H3. The highest BCUT2D eigenvalue weighted by Gasteiger charge is 2.38. The lowest BCUT2D eigenvalue weighted by molar-refractivity contribution is -0.0356. The molecule has 0 aromatic heterocycles. The molecule has 3 aromatic carbocycles. The van der Waals surface area contributed by atoms with Crippen molar-refractivity contribution in [3.05, 3.63) is 102 Å². The molecule has 4 rings (SSSR count). The summed E-state index contributed by atoms with van der Waals surface area (Å²) in [5, 5.41) is 0. The van der Waals surface area contributed by atoms with Crippen molar-refractivity contribution in [1.29, 1.82) is 0 Å². The van der Waals surface area contributed by atoms with Gasteiger partial charge in [-0.25, -0.2) is 0 Å². The number of hydrogen-bond acceptors (Lipinski definition) is 8. The predicted octanol–water partition coefficient (Wildman–Crippen LogP) is 4.24. The fourth-order valence-electron chi connectivity index (χ4n) is 3.55. The lowest BCUT2D eigenvalue weighted by Crippen LogP contribution is -2.33. The van der Waals surface area contributed by atoms with E-state index in [0.29, 0.717) is 0 Å². The van der Waals surface area contributed by atoms with Crippen LogP contribution in [0.5, 0.6) is 0 Å². The van der Waals surface area contributed by atoms with Gasteiger partial charge >= 0.3 is 0 Å². The van der Waals surface area contributed by atoms with Crippen molar-refractivity contribution in [3.63, 3.8) is 0 Å². The van der Waals surface area contributed by atoms with Crippen LogP contribution in [0.2, 0.25) is 0 Å². The number of ether oxygens (including phenoxy) is 2. The van der Waals surface area contributed by atoms with Crippen LogP contribution in [0, 0.1) is 13.8 Å². The van der Waals surface area contributed by atoms with Crippen molar-refractivity contribution >= 4 is 26.3 Å². The van der Waals surface area contributed by atoms with E-state index >= 15 is 0 Å². The highest BCUT2D eigenvalue weighted by Crippen LogP contribution is 2.25. The molecular weight excluding hydrogens is 516 g/mol. The van der Waals surface area contributed by atoms with Gasteiger partial charge in [-0.05, 0) is 49.8 Å². The maximum Gasteiger partial charge on any atom is 0.297 e. The summed E-state index contributed by atoms with van der Waals surface area (Å²) in [6, 6.07) is 22.0. The minimum atomic E-state index is -4.06. The van der Waals surface area contributed by atoms with Crippen LogP contribution in [-0.4, -0.2) is 48.5 Å². The van der Waals surface area contributed by atoms with Crippen LogP contribution >= 0.6 is 0 Å². The van der Waals surface area contributed by atoms with Crippen molar-refractivity contribution in [2.24, 2.45) is 0 Å². The van der Waals surface area contributed by atoms with Crippen LogP contribution in [0.15, 0.2) is 94.7 Å². The van der Waals surface area contributed by atoms with Gasteiger partial charge in [0.15, 0.2) is 6.29 Å². The Labute approximate surface area is 217 Å². The Morgan fingerprint density at radius 2 is 1.11 bits per heavy atom. The molecule has 1 saturated heterocycles. The second kappa shape index (κ2) is 11.7. The van der Waals surface area contributed by atoms with Crippen LogP contribution < -0.4 is 0 Å². The Morgan fingerprint density at radius 3 is 1.54 bits per heavy atom. The molecule has 2 unspecified atom stereocenters. The molecule has 0 bridgehead atoms. The van der Waals surface area contributed by atoms with E-state index in [0.717, 1.165) is 16.7 Å². The van der Waals surface area contributed by atoms with Crippen molar-refractivity contribution < 1.29 is 34.7 Å². The van der Waals surface area contributed by atoms with Crippen LogP contribution in [0.25, 0.3) is 6.08 Å².